The topological polar surface area (TPSA) is 43.4 Å². The average molecular weight is 341 g/mol. The van der Waals surface area contributed by atoms with E-state index in [1.165, 1.54) is 0 Å². The summed E-state index contributed by atoms with van der Waals surface area (Å²) in [6.07, 6.45) is 1.12. The van der Waals surface area contributed by atoms with E-state index < -0.39 is 10.3 Å². The molecule has 4 heteroatoms. The number of Topliss-reactive ketones (excluding diaryl/α,β-unsaturated/α-hetero) is 1. The fourth-order valence-electron chi connectivity index (χ4n) is 1.83. The molecule has 1 rings (SSSR count). The summed E-state index contributed by atoms with van der Waals surface area (Å²) in [5, 5.41) is 0. The van der Waals surface area contributed by atoms with Crippen molar-refractivity contribution in [2.75, 3.05) is 6.61 Å². The molecule has 1 atom stereocenters. The minimum atomic E-state index is -1.28. The number of carbonyl (C=O) groups excluding carboxylic acids is 2. The van der Waals surface area contributed by atoms with Crippen molar-refractivity contribution in [1.82, 2.24) is 0 Å². The first-order chi connectivity index (χ1) is 9.41. The summed E-state index contributed by atoms with van der Waals surface area (Å²) in [5.74, 6) is -0.500. The van der Waals surface area contributed by atoms with Gasteiger partial charge in [-0.3, -0.25) is 9.59 Å². The molecule has 0 aromatic heterocycles. The molecule has 3 nitrogen and oxygen atoms in total. The lowest BCUT2D eigenvalue weighted by Crippen LogP contribution is -2.42. The molecule has 1 aromatic carbocycles. The predicted molar refractivity (Wildman–Crippen MR) is 83.1 cm³/mol. The Kier molecular flexibility index (Phi) is 6.40. The van der Waals surface area contributed by atoms with E-state index in [9.17, 15) is 9.59 Å². The maximum Gasteiger partial charge on any atom is 0.330 e. The first kappa shape index (κ1) is 16.9. The van der Waals surface area contributed by atoms with Crippen LogP contribution in [-0.2, 0) is 9.53 Å². The van der Waals surface area contributed by atoms with Crippen LogP contribution in [0.25, 0.3) is 0 Å². The SMILES string of the molecule is CCCC(Br)(C(=O)OCC(C)C)C(=O)c1ccccc1. The highest BCUT2D eigenvalue weighted by molar-refractivity contribution is 9.10. The van der Waals surface area contributed by atoms with E-state index in [4.69, 9.17) is 4.74 Å². The Morgan fingerprint density at radius 2 is 1.85 bits per heavy atom. The molecular weight excluding hydrogens is 320 g/mol. The zero-order valence-corrected chi connectivity index (χ0v) is 13.8. The van der Waals surface area contributed by atoms with Crippen LogP contribution in [0.3, 0.4) is 0 Å². The van der Waals surface area contributed by atoms with E-state index in [1.807, 2.05) is 26.8 Å². The Balaban J connectivity index is 2.96. The second-order valence-electron chi connectivity index (χ2n) is 5.24. The van der Waals surface area contributed by atoms with E-state index in [1.54, 1.807) is 24.3 Å². The zero-order valence-electron chi connectivity index (χ0n) is 12.2. The molecule has 0 radical (unpaired) electrons. The van der Waals surface area contributed by atoms with Crippen molar-refractivity contribution in [3.05, 3.63) is 35.9 Å². The van der Waals surface area contributed by atoms with Gasteiger partial charge in [-0.15, -0.1) is 0 Å². The lowest BCUT2D eigenvalue weighted by atomic mass is 9.93. The lowest BCUT2D eigenvalue weighted by Gasteiger charge is -2.24. The summed E-state index contributed by atoms with van der Waals surface area (Å²) in [4.78, 5) is 24.9. The highest BCUT2D eigenvalue weighted by Crippen LogP contribution is 2.30. The zero-order chi connectivity index (χ0) is 15.2. The third-order valence-corrected chi connectivity index (χ3v) is 3.94. The molecule has 0 amide bonds. The van der Waals surface area contributed by atoms with Crippen LogP contribution in [0.5, 0.6) is 0 Å². The molecule has 1 unspecified atom stereocenters. The fraction of sp³-hybridized carbons (Fsp3) is 0.500. The molecular formula is C16H21BrO3. The van der Waals surface area contributed by atoms with Gasteiger partial charge in [0.15, 0.2) is 10.1 Å². The molecule has 0 N–H and O–H groups in total. The van der Waals surface area contributed by atoms with Crippen molar-refractivity contribution in [3.63, 3.8) is 0 Å². The molecule has 0 saturated carbocycles. The first-order valence-electron chi connectivity index (χ1n) is 6.87. The third-order valence-electron chi connectivity index (χ3n) is 2.86. The second kappa shape index (κ2) is 7.58. The van der Waals surface area contributed by atoms with Crippen LogP contribution in [0.1, 0.15) is 44.0 Å². The normalized spacial score (nSPS) is 13.8. The van der Waals surface area contributed by atoms with Gasteiger partial charge in [-0.05, 0) is 12.3 Å². The number of carbonyl (C=O) groups is 2. The number of esters is 1. The Morgan fingerprint density at radius 3 is 2.35 bits per heavy atom. The van der Waals surface area contributed by atoms with Gasteiger partial charge < -0.3 is 4.74 Å². The largest absolute Gasteiger partial charge is 0.464 e. The Labute approximate surface area is 128 Å². The van der Waals surface area contributed by atoms with Crippen molar-refractivity contribution < 1.29 is 14.3 Å². The van der Waals surface area contributed by atoms with Crippen LogP contribution in [-0.4, -0.2) is 22.7 Å². The van der Waals surface area contributed by atoms with E-state index >= 15 is 0 Å². The van der Waals surface area contributed by atoms with Gasteiger partial charge in [-0.2, -0.15) is 0 Å². The second-order valence-corrected chi connectivity index (χ2v) is 6.59. The van der Waals surface area contributed by atoms with Crippen molar-refractivity contribution in [2.24, 2.45) is 5.92 Å². The number of hydrogen-bond acceptors (Lipinski definition) is 3. The van der Waals surface area contributed by atoms with Gasteiger partial charge in [0.05, 0.1) is 6.61 Å². The highest BCUT2D eigenvalue weighted by Gasteiger charge is 2.44. The molecule has 0 aliphatic carbocycles. The molecule has 0 spiro atoms. The van der Waals surface area contributed by atoms with Crippen molar-refractivity contribution in [3.8, 4) is 0 Å². The standard InChI is InChI=1S/C16H21BrO3/c1-4-10-16(17,15(19)20-11-12(2)3)14(18)13-8-6-5-7-9-13/h5-9,12H,4,10-11H2,1-3H3. The molecule has 0 heterocycles. The summed E-state index contributed by atoms with van der Waals surface area (Å²) >= 11 is 3.34. The number of hydrogen-bond donors (Lipinski definition) is 0. The van der Waals surface area contributed by atoms with Gasteiger partial charge in [-0.1, -0.05) is 73.5 Å². The fourth-order valence-corrected chi connectivity index (χ4v) is 2.57. The van der Waals surface area contributed by atoms with Gasteiger partial charge in [0, 0.05) is 5.56 Å². The van der Waals surface area contributed by atoms with Crippen LogP contribution < -0.4 is 0 Å². The van der Waals surface area contributed by atoms with Crippen molar-refractivity contribution in [1.29, 1.82) is 0 Å². The first-order valence-corrected chi connectivity index (χ1v) is 7.67. The highest BCUT2D eigenvalue weighted by atomic mass is 79.9. The maximum atomic E-state index is 12.6. The molecule has 0 fully saturated rings. The van der Waals surface area contributed by atoms with Gasteiger partial charge >= 0.3 is 5.97 Å². The van der Waals surface area contributed by atoms with Crippen molar-refractivity contribution in [2.45, 2.75) is 37.9 Å². The van der Waals surface area contributed by atoms with Crippen LogP contribution in [0.15, 0.2) is 30.3 Å². The smallest absolute Gasteiger partial charge is 0.330 e. The summed E-state index contributed by atoms with van der Waals surface area (Å²) in [6.45, 7) is 6.17. The Morgan fingerprint density at radius 1 is 1.25 bits per heavy atom. The number of benzene rings is 1. The number of ketones is 1. The molecule has 110 valence electrons. The van der Waals surface area contributed by atoms with E-state index in [0.717, 1.165) is 0 Å². The quantitative estimate of drug-likeness (QED) is 0.326. The molecule has 1 aromatic rings. The molecule has 0 aliphatic rings. The predicted octanol–water partition coefficient (Wildman–Crippen LogP) is 4.00. The lowest BCUT2D eigenvalue weighted by molar-refractivity contribution is -0.146. The molecule has 0 aliphatic heterocycles. The molecule has 20 heavy (non-hydrogen) atoms. The Hall–Kier alpha value is -1.16. The molecule has 0 saturated heterocycles. The third kappa shape index (κ3) is 4.17. The van der Waals surface area contributed by atoms with Crippen molar-refractivity contribution >= 4 is 27.7 Å². The number of ether oxygens (including phenoxy) is 1. The van der Waals surface area contributed by atoms with E-state index in [-0.39, 0.29) is 11.7 Å². The monoisotopic (exact) mass is 340 g/mol. The van der Waals surface area contributed by atoms with Crippen LogP contribution >= 0.6 is 15.9 Å². The Bertz CT molecular complexity index is 456. The number of alkyl halides is 1. The minimum Gasteiger partial charge on any atom is -0.464 e. The van der Waals surface area contributed by atoms with Gasteiger partial charge in [0.25, 0.3) is 0 Å². The number of halogens is 1. The van der Waals surface area contributed by atoms with E-state index in [2.05, 4.69) is 15.9 Å². The van der Waals surface area contributed by atoms with Gasteiger partial charge in [0.2, 0.25) is 0 Å². The summed E-state index contributed by atoms with van der Waals surface area (Å²) in [6, 6.07) is 8.83. The van der Waals surface area contributed by atoms with Gasteiger partial charge in [-0.25, -0.2) is 0 Å². The van der Waals surface area contributed by atoms with Crippen LogP contribution in [0.2, 0.25) is 0 Å². The van der Waals surface area contributed by atoms with E-state index in [0.29, 0.717) is 25.0 Å². The van der Waals surface area contributed by atoms with Crippen LogP contribution in [0, 0.1) is 5.92 Å². The minimum absolute atomic E-state index is 0.240. The summed E-state index contributed by atoms with van der Waals surface area (Å²) in [7, 11) is 0. The number of rotatable bonds is 7. The maximum absolute atomic E-state index is 12.6. The average Bonchev–Trinajstić information content (AvgIpc) is 2.44. The molecule has 0 bridgehead atoms. The summed E-state index contributed by atoms with van der Waals surface area (Å²) < 4.78 is 3.98. The van der Waals surface area contributed by atoms with Gasteiger partial charge in [0.1, 0.15) is 0 Å². The summed E-state index contributed by atoms with van der Waals surface area (Å²) in [5.41, 5.74) is 0.513. The van der Waals surface area contributed by atoms with Crippen LogP contribution in [0.4, 0.5) is 0 Å².